The number of aryl methyl sites for hydroxylation is 1. The number of aromatic nitrogens is 2. The monoisotopic (exact) mass is 569 g/mol. The second-order valence-corrected chi connectivity index (χ2v) is 13.2. The molecule has 0 spiro atoms. The number of carbonyl (C=O) groups excluding carboxylic acids is 1. The minimum Gasteiger partial charge on any atom is -0.326 e. The number of nitrogens with one attached hydrogen (secondary N) is 1. The molecule has 0 atom stereocenters. The smallest absolute Gasteiger partial charge is 0.228 e. The molecule has 1 N–H and O–H groups in total. The topological polar surface area (TPSA) is 81.1 Å². The van der Waals surface area contributed by atoms with Gasteiger partial charge in [-0.25, -0.2) is 13.4 Å². The molecule has 0 saturated heterocycles. The van der Waals surface area contributed by atoms with Crippen LogP contribution in [-0.2, 0) is 27.6 Å². The highest BCUT2D eigenvalue weighted by Crippen LogP contribution is 2.28. The minimum absolute atomic E-state index is 0.0658. The molecule has 6 nitrogen and oxygen atoms in total. The van der Waals surface area contributed by atoms with E-state index in [1.165, 1.54) is 11.2 Å². The van der Waals surface area contributed by atoms with Gasteiger partial charge in [-0.05, 0) is 90.0 Å². The quantitative estimate of drug-likeness (QED) is 0.199. The SMILES string of the molecule is CCSc1ccc(CC(=O)Nc2ccc(-c3nc4ccc(C)cc4n3Cc3ccc(S(C)(=O)=O)cc3)cc2)cc1. The fourth-order valence-electron chi connectivity index (χ4n) is 4.60. The lowest BCUT2D eigenvalue weighted by Gasteiger charge is -2.12. The molecule has 8 heteroatoms. The number of hydrogen-bond donors (Lipinski definition) is 1. The van der Waals surface area contributed by atoms with E-state index in [0.29, 0.717) is 17.9 Å². The highest BCUT2D eigenvalue weighted by Gasteiger charge is 2.15. The first-order valence-corrected chi connectivity index (χ1v) is 16.0. The molecule has 0 aliphatic carbocycles. The van der Waals surface area contributed by atoms with E-state index in [2.05, 4.69) is 35.0 Å². The number of sulfone groups is 1. The Morgan fingerprint density at radius 2 is 1.57 bits per heavy atom. The van der Waals surface area contributed by atoms with Crippen molar-refractivity contribution in [1.82, 2.24) is 9.55 Å². The number of nitrogens with zero attached hydrogens (tertiary/aromatic N) is 2. The van der Waals surface area contributed by atoms with Gasteiger partial charge in [0.15, 0.2) is 9.84 Å². The molecule has 5 rings (SSSR count). The number of fused-ring (bicyclic) bond motifs is 1. The van der Waals surface area contributed by atoms with Crippen LogP contribution in [-0.4, -0.2) is 35.9 Å². The van der Waals surface area contributed by atoms with Gasteiger partial charge in [0.2, 0.25) is 5.91 Å². The van der Waals surface area contributed by atoms with Crippen LogP contribution in [0.2, 0.25) is 0 Å². The Hall–Kier alpha value is -3.88. The largest absolute Gasteiger partial charge is 0.326 e. The van der Waals surface area contributed by atoms with Crippen LogP contribution in [0.15, 0.2) is 101 Å². The predicted octanol–water partition coefficient (Wildman–Crippen LogP) is 6.76. The molecule has 0 fully saturated rings. The summed E-state index contributed by atoms with van der Waals surface area (Å²) in [6.45, 7) is 4.70. The molecule has 1 heterocycles. The van der Waals surface area contributed by atoms with Gasteiger partial charge in [0.05, 0.1) is 22.3 Å². The van der Waals surface area contributed by atoms with E-state index < -0.39 is 9.84 Å². The maximum atomic E-state index is 12.7. The molecule has 0 radical (unpaired) electrons. The summed E-state index contributed by atoms with van der Waals surface area (Å²) in [6.07, 6.45) is 1.52. The van der Waals surface area contributed by atoms with Crippen LogP contribution in [0, 0.1) is 6.92 Å². The lowest BCUT2D eigenvalue weighted by atomic mass is 10.1. The number of anilines is 1. The van der Waals surface area contributed by atoms with Crippen molar-refractivity contribution in [2.24, 2.45) is 0 Å². The molecule has 0 unspecified atom stereocenters. The summed E-state index contributed by atoms with van der Waals surface area (Å²) in [4.78, 5) is 19.1. The summed E-state index contributed by atoms with van der Waals surface area (Å²) in [5, 5.41) is 2.99. The summed E-state index contributed by atoms with van der Waals surface area (Å²) in [5.74, 6) is 1.75. The maximum absolute atomic E-state index is 12.7. The van der Waals surface area contributed by atoms with E-state index in [0.717, 1.165) is 50.6 Å². The number of imidazole rings is 1. The molecule has 1 aromatic heterocycles. The molecular weight excluding hydrogens is 539 g/mol. The van der Waals surface area contributed by atoms with Crippen molar-refractivity contribution in [3.8, 4) is 11.4 Å². The predicted molar refractivity (Wildman–Crippen MR) is 164 cm³/mol. The van der Waals surface area contributed by atoms with E-state index in [-0.39, 0.29) is 5.91 Å². The second-order valence-electron chi connectivity index (χ2n) is 9.81. The van der Waals surface area contributed by atoms with Crippen LogP contribution < -0.4 is 5.32 Å². The van der Waals surface area contributed by atoms with Crippen LogP contribution in [0.3, 0.4) is 0 Å². The molecule has 0 saturated carbocycles. The second kappa shape index (κ2) is 11.7. The molecule has 4 aromatic carbocycles. The van der Waals surface area contributed by atoms with Crippen molar-refractivity contribution in [2.45, 2.75) is 36.6 Å². The first kappa shape index (κ1) is 27.7. The Kier molecular flexibility index (Phi) is 8.09. The van der Waals surface area contributed by atoms with E-state index >= 15 is 0 Å². The Bertz CT molecular complexity index is 1760. The maximum Gasteiger partial charge on any atom is 0.228 e. The van der Waals surface area contributed by atoms with Gasteiger partial charge in [-0.2, -0.15) is 0 Å². The summed E-state index contributed by atoms with van der Waals surface area (Å²) in [5.41, 5.74) is 6.61. The average molecular weight is 570 g/mol. The normalized spacial score (nSPS) is 11.6. The summed E-state index contributed by atoms with van der Waals surface area (Å²) in [7, 11) is -3.26. The molecule has 0 aliphatic rings. The number of benzene rings is 4. The fraction of sp³-hybridized carbons (Fsp3) is 0.188. The van der Waals surface area contributed by atoms with Gasteiger partial charge in [-0.1, -0.05) is 37.3 Å². The highest BCUT2D eigenvalue weighted by atomic mass is 32.2. The molecule has 0 aliphatic heterocycles. The zero-order valence-corrected chi connectivity index (χ0v) is 24.4. The van der Waals surface area contributed by atoms with E-state index in [9.17, 15) is 13.2 Å². The summed E-state index contributed by atoms with van der Waals surface area (Å²) >= 11 is 1.78. The Morgan fingerprint density at radius 1 is 0.900 bits per heavy atom. The van der Waals surface area contributed by atoms with Gasteiger partial charge in [0.1, 0.15) is 5.82 Å². The average Bonchev–Trinajstić information content (AvgIpc) is 3.27. The summed E-state index contributed by atoms with van der Waals surface area (Å²) in [6, 6.07) is 29.0. The molecule has 204 valence electrons. The standard InChI is InChI=1S/C32H31N3O3S2/c1-4-39-27-14-6-23(7-15-27)20-31(36)33-26-12-10-25(11-13-26)32-34-29-18-5-22(2)19-30(29)35(32)21-24-8-16-28(17-9-24)40(3,37)38/h5-19H,4,20-21H2,1-3H3,(H,33,36). The third kappa shape index (κ3) is 6.46. The Labute approximate surface area is 239 Å². The van der Waals surface area contributed by atoms with E-state index in [1.54, 1.807) is 23.9 Å². The van der Waals surface area contributed by atoms with Crippen LogP contribution in [0.25, 0.3) is 22.4 Å². The van der Waals surface area contributed by atoms with Gasteiger partial charge in [-0.15, -0.1) is 11.8 Å². The lowest BCUT2D eigenvalue weighted by Crippen LogP contribution is -2.14. The van der Waals surface area contributed by atoms with Crippen LogP contribution in [0.4, 0.5) is 5.69 Å². The van der Waals surface area contributed by atoms with Crippen molar-refractivity contribution in [3.63, 3.8) is 0 Å². The van der Waals surface area contributed by atoms with Crippen molar-refractivity contribution >= 4 is 44.2 Å². The molecular formula is C32H31N3O3S2. The molecule has 40 heavy (non-hydrogen) atoms. The van der Waals surface area contributed by atoms with Gasteiger partial charge >= 0.3 is 0 Å². The highest BCUT2D eigenvalue weighted by molar-refractivity contribution is 7.99. The summed E-state index contributed by atoms with van der Waals surface area (Å²) < 4.78 is 25.9. The third-order valence-corrected chi connectivity index (χ3v) is 8.64. The van der Waals surface area contributed by atoms with Crippen molar-refractivity contribution in [3.05, 3.63) is 108 Å². The van der Waals surface area contributed by atoms with Gasteiger partial charge < -0.3 is 9.88 Å². The Balaban J connectivity index is 1.37. The number of carbonyl (C=O) groups is 1. The first-order valence-electron chi connectivity index (χ1n) is 13.1. The number of amides is 1. The number of thioether (sulfide) groups is 1. The van der Waals surface area contributed by atoms with Gasteiger partial charge in [-0.3, -0.25) is 4.79 Å². The molecule has 1 amide bonds. The molecule has 0 bridgehead atoms. The number of hydrogen-bond acceptors (Lipinski definition) is 5. The number of rotatable bonds is 9. The minimum atomic E-state index is -3.26. The van der Waals surface area contributed by atoms with Crippen LogP contribution >= 0.6 is 11.8 Å². The lowest BCUT2D eigenvalue weighted by molar-refractivity contribution is -0.115. The van der Waals surface area contributed by atoms with E-state index in [4.69, 9.17) is 4.98 Å². The van der Waals surface area contributed by atoms with Gasteiger partial charge in [0, 0.05) is 28.9 Å². The van der Waals surface area contributed by atoms with E-state index in [1.807, 2.05) is 67.6 Å². The molecule has 5 aromatic rings. The van der Waals surface area contributed by atoms with Crippen molar-refractivity contribution < 1.29 is 13.2 Å². The Morgan fingerprint density at radius 3 is 2.23 bits per heavy atom. The zero-order valence-electron chi connectivity index (χ0n) is 22.7. The third-order valence-electron chi connectivity index (χ3n) is 6.62. The fourth-order valence-corrected chi connectivity index (χ4v) is 5.89. The van der Waals surface area contributed by atoms with Crippen molar-refractivity contribution in [2.75, 3.05) is 17.3 Å². The zero-order chi connectivity index (χ0) is 28.3. The van der Waals surface area contributed by atoms with Gasteiger partial charge in [0.25, 0.3) is 0 Å². The first-order chi connectivity index (χ1) is 19.2. The van der Waals surface area contributed by atoms with Crippen molar-refractivity contribution in [1.29, 1.82) is 0 Å². The van der Waals surface area contributed by atoms with Crippen LogP contribution in [0.5, 0.6) is 0 Å². The van der Waals surface area contributed by atoms with Crippen LogP contribution in [0.1, 0.15) is 23.6 Å².